The SMILES string of the molecule is CC(=O)C1(C(C)=O)[C@@H](c2ccc([N+](=O)[O-])cc2)C1(C#N)C#N. The predicted molar refractivity (Wildman–Crippen MR) is 73.3 cm³/mol. The zero-order valence-electron chi connectivity index (χ0n) is 11.9. The number of ketones is 2. The first-order valence-corrected chi connectivity index (χ1v) is 6.38. The second-order valence-electron chi connectivity index (χ2n) is 5.23. The Bertz CT molecular complexity index is 739. The Morgan fingerprint density at radius 1 is 1.14 bits per heavy atom. The lowest BCUT2D eigenvalue weighted by Crippen LogP contribution is -2.28. The molecule has 0 amide bonds. The molecule has 1 aliphatic rings. The van der Waals surface area contributed by atoms with Crippen LogP contribution >= 0.6 is 0 Å². The number of nitrogens with zero attached hydrogens (tertiary/aromatic N) is 3. The molecule has 1 aromatic carbocycles. The Hall–Kier alpha value is -3.06. The van der Waals surface area contributed by atoms with Crippen molar-refractivity contribution in [1.82, 2.24) is 0 Å². The van der Waals surface area contributed by atoms with Crippen LogP contribution in [0.4, 0.5) is 5.69 Å². The number of non-ortho nitro benzene ring substituents is 1. The summed E-state index contributed by atoms with van der Waals surface area (Å²) < 4.78 is 0. The number of nitro groups is 1. The van der Waals surface area contributed by atoms with Crippen LogP contribution in [0.2, 0.25) is 0 Å². The van der Waals surface area contributed by atoms with Gasteiger partial charge in [-0.1, -0.05) is 12.1 Å². The summed E-state index contributed by atoms with van der Waals surface area (Å²) in [6, 6.07) is 8.80. The topological polar surface area (TPSA) is 125 Å². The molecule has 0 radical (unpaired) electrons. The van der Waals surface area contributed by atoms with Gasteiger partial charge in [0.25, 0.3) is 5.69 Å². The number of rotatable bonds is 4. The molecule has 0 heterocycles. The van der Waals surface area contributed by atoms with Gasteiger partial charge in [0, 0.05) is 18.1 Å². The molecule has 1 saturated carbocycles. The molecule has 0 saturated heterocycles. The first-order chi connectivity index (χ1) is 10.3. The Labute approximate surface area is 125 Å². The van der Waals surface area contributed by atoms with Crippen molar-refractivity contribution in [1.29, 1.82) is 10.5 Å². The van der Waals surface area contributed by atoms with Crippen LogP contribution in [0.1, 0.15) is 25.3 Å². The molecule has 7 heteroatoms. The lowest BCUT2D eigenvalue weighted by atomic mass is 9.87. The summed E-state index contributed by atoms with van der Waals surface area (Å²) in [5.41, 5.74) is -3.23. The number of hydrogen-bond donors (Lipinski definition) is 0. The van der Waals surface area contributed by atoms with E-state index in [4.69, 9.17) is 0 Å². The van der Waals surface area contributed by atoms with Gasteiger partial charge in [-0.15, -0.1) is 0 Å². The van der Waals surface area contributed by atoms with E-state index in [1.54, 1.807) is 12.1 Å². The summed E-state index contributed by atoms with van der Waals surface area (Å²) in [6.07, 6.45) is 0. The van der Waals surface area contributed by atoms with E-state index in [1.807, 2.05) is 0 Å². The molecule has 0 aliphatic heterocycles. The quantitative estimate of drug-likeness (QED) is 0.474. The Balaban J connectivity index is 2.61. The number of nitriles is 2. The maximum atomic E-state index is 12.0. The molecule has 1 aliphatic carbocycles. The minimum atomic E-state index is -1.76. The summed E-state index contributed by atoms with van der Waals surface area (Å²) in [5.74, 6) is -2.01. The second kappa shape index (κ2) is 4.74. The summed E-state index contributed by atoms with van der Waals surface area (Å²) >= 11 is 0. The number of Topliss-reactive ketones (excluding diaryl/α,β-unsaturated/α-hetero) is 2. The second-order valence-corrected chi connectivity index (χ2v) is 5.23. The van der Waals surface area contributed by atoms with E-state index in [1.165, 1.54) is 38.1 Å². The monoisotopic (exact) mass is 297 g/mol. The molecule has 1 aromatic rings. The smallest absolute Gasteiger partial charge is 0.269 e. The normalized spacial score (nSPS) is 20.3. The molecule has 0 N–H and O–H groups in total. The standard InChI is InChI=1S/C15H11N3O4/c1-9(19)15(10(2)20)13(14(15,7-16)8-17)11-3-5-12(6-4-11)18(21)22/h3-6,13H,1-2H3/t13-/m0/s1. The highest BCUT2D eigenvalue weighted by Gasteiger charge is 2.84. The Kier molecular flexibility index (Phi) is 3.31. The van der Waals surface area contributed by atoms with E-state index in [2.05, 4.69) is 0 Å². The van der Waals surface area contributed by atoms with Crippen LogP contribution in [0.5, 0.6) is 0 Å². The molecule has 7 nitrogen and oxygen atoms in total. The van der Waals surface area contributed by atoms with E-state index in [0.717, 1.165) is 0 Å². The third kappa shape index (κ3) is 1.60. The highest BCUT2D eigenvalue weighted by atomic mass is 16.6. The molecular formula is C15H11N3O4. The van der Waals surface area contributed by atoms with Gasteiger partial charge in [0.1, 0.15) is 17.0 Å². The van der Waals surface area contributed by atoms with E-state index in [0.29, 0.717) is 5.56 Å². The van der Waals surface area contributed by atoms with Crippen molar-refractivity contribution < 1.29 is 14.5 Å². The van der Waals surface area contributed by atoms with Crippen LogP contribution in [0.15, 0.2) is 24.3 Å². The fourth-order valence-corrected chi connectivity index (χ4v) is 3.30. The molecule has 110 valence electrons. The summed E-state index contributed by atoms with van der Waals surface area (Å²) in [5, 5.41) is 29.4. The lowest BCUT2D eigenvalue weighted by molar-refractivity contribution is -0.384. The zero-order valence-corrected chi connectivity index (χ0v) is 11.9. The summed E-state index contributed by atoms with van der Waals surface area (Å²) in [6.45, 7) is 2.35. The molecular weight excluding hydrogens is 286 g/mol. The van der Waals surface area contributed by atoms with Gasteiger partial charge >= 0.3 is 0 Å². The van der Waals surface area contributed by atoms with Gasteiger partial charge in [-0.05, 0) is 19.4 Å². The van der Waals surface area contributed by atoms with Crippen molar-refractivity contribution >= 4 is 17.3 Å². The minimum Gasteiger partial charge on any atom is -0.299 e. The highest BCUT2D eigenvalue weighted by molar-refractivity contribution is 6.13. The minimum absolute atomic E-state index is 0.153. The third-order valence-corrected chi connectivity index (χ3v) is 4.31. The largest absolute Gasteiger partial charge is 0.299 e. The van der Waals surface area contributed by atoms with Crippen molar-refractivity contribution in [2.24, 2.45) is 10.8 Å². The van der Waals surface area contributed by atoms with Crippen LogP contribution in [0.25, 0.3) is 0 Å². The van der Waals surface area contributed by atoms with Gasteiger partial charge in [-0.3, -0.25) is 19.7 Å². The molecule has 0 unspecified atom stereocenters. The molecule has 2 rings (SSSR count). The summed E-state index contributed by atoms with van der Waals surface area (Å²) in [4.78, 5) is 34.2. The average Bonchev–Trinajstić information content (AvgIpc) is 3.12. The third-order valence-electron chi connectivity index (χ3n) is 4.31. The van der Waals surface area contributed by atoms with Gasteiger partial charge in [0.15, 0.2) is 5.41 Å². The fraction of sp³-hybridized carbons (Fsp3) is 0.333. The number of benzene rings is 1. The average molecular weight is 297 g/mol. The maximum Gasteiger partial charge on any atom is 0.269 e. The van der Waals surface area contributed by atoms with Crippen molar-refractivity contribution in [2.75, 3.05) is 0 Å². The van der Waals surface area contributed by atoms with Crippen LogP contribution < -0.4 is 0 Å². The van der Waals surface area contributed by atoms with Crippen molar-refractivity contribution in [3.63, 3.8) is 0 Å². The molecule has 0 bridgehead atoms. The van der Waals surface area contributed by atoms with E-state index in [9.17, 15) is 30.2 Å². The van der Waals surface area contributed by atoms with E-state index >= 15 is 0 Å². The first kappa shape index (κ1) is 15.3. The van der Waals surface area contributed by atoms with Crippen molar-refractivity contribution in [3.8, 4) is 12.1 Å². The first-order valence-electron chi connectivity index (χ1n) is 6.38. The lowest BCUT2D eigenvalue weighted by Gasteiger charge is -2.09. The highest BCUT2D eigenvalue weighted by Crippen LogP contribution is 2.74. The van der Waals surface area contributed by atoms with Crippen molar-refractivity contribution in [3.05, 3.63) is 39.9 Å². The summed E-state index contributed by atoms with van der Waals surface area (Å²) in [7, 11) is 0. The number of hydrogen-bond acceptors (Lipinski definition) is 6. The van der Waals surface area contributed by atoms with Crippen molar-refractivity contribution in [2.45, 2.75) is 19.8 Å². The molecule has 1 fully saturated rings. The van der Waals surface area contributed by atoms with Gasteiger partial charge < -0.3 is 0 Å². The van der Waals surface area contributed by atoms with Gasteiger partial charge in [0.2, 0.25) is 0 Å². The van der Waals surface area contributed by atoms with Gasteiger partial charge in [-0.2, -0.15) is 10.5 Å². The van der Waals surface area contributed by atoms with Crippen LogP contribution in [-0.4, -0.2) is 16.5 Å². The molecule has 1 atom stereocenters. The molecule has 0 aromatic heterocycles. The van der Waals surface area contributed by atoms with Gasteiger partial charge in [-0.25, -0.2) is 0 Å². The van der Waals surface area contributed by atoms with Gasteiger partial charge in [0.05, 0.1) is 17.1 Å². The number of nitro benzene ring substituents is 1. The number of carbonyl (C=O) groups excluding carboxylic acids is 2. The maximum absolute atomic E-state index is 12.0. The number of carbonyl (C=O) groups is 2. The van der Waals surface area contributed by atoms with E-state index < -0.39 is 33.2 Å². The fourth-order valence-electron chi connectivity index (χ4n) is 3.30. The predicted octanol–water partition coefficient (Wildman–Crippen LogP) is 1.89. The van der Waals surface area contributed by atoms with Crippen LogP contribution in [-0.2, 0) is 9.59 Å². The van der Waals surface area contributed by atoms with E-state index in [-0.39, 0.29) is 5.69 Å². The molecule has 22 heavy (non-hydrogen) atoms. The molecule has 0 spiro atoms. The Morgan fingerprint density at radius 2 is 1.59 bits per heavy atom. The Morgan fingerprint density at radius 3 is 1.86 bits per heavy atom. The van der Waals surface area contributed by atoms with Crippen LogP contribution in [0, 0.1) is 43.6 Å². The van der Waals surface area contributed by atoms with Crippen LogP contribution in [0.3, 0.4) is 0 Å². The zero-order chi connectivity index (χ0) is 16.7.